The van der Waals surface area contributed by atoms with Crippen molar-refractivity contribution in [2.75, 3.05) is 6.61 Å². The average Bonchev–Trinajstić information content (AvgIpc) is 2.54. The van der Waals surface area contributed by atoms with E-state index in [0.29, 0.717) is 0 Å². The molecule has 1 aliphatic rings. The predicted molar refractivity (Wildman–Crippen MR) is 75.3 cm³/mol. The molecule has 4 N–H and O–H groups in total. The van der Waals surface area contributed by atoms with Crippen LogP contribution in [0, 0.1) is 0 Å². The molecule has 2 rings (SSSR count). The smallest absolute Gasteiger partial charge is 0.333 e. The van der Waals surface area contributed by atoms with Crippen molar-refractivity contribution in [3.8, 4) is 0 Å². The lowest BCUT2D eigenvalue weighted by Gasteiger charge is -2.38. The van der Waals surface area contributed by atoms with E-state index in [1.807, 2.05) is 18.2 Å². The lowest BCUT2D eigenvalue weighted by atomic mass is 9.99. The van der Waals surface area contributed by atoms with Crippen molar-refractivity contribution in [3.63, 3.8) is 0 Å². The second-order valence-electron chi connectivity index (χ2n) is 4.88. The number of esters is 1. The fraction of sp³-hybridized carbons (Fsp3) is 0.400. The zero-order chi connectivity index (χ0) is 16.1. The molecule has 0 radical (unpaired) electrons. The number of ether oxygens (including phenoxy) is 2. The Balaban J connectivity index is 1.97. The van der Waals surface area contributed by atoms with Crippen LogP contribution in [0.2, 0.25) is 0 Å². The van der Waals surface area contributed by atoms with Crippen molar-refractivity contribution in [2.45, 2.75) is 30.7 Å². The minimum atomic E-state index is -1.60. The largest absolute Gasteiger partial charge is 0.430 e. The lowest BCUT2D eigenvalue weighted by molar-refractivity contribution is -0.291. The average molecular weight is 310 g/mol. The number of aliphatic hydroxyl groups is 4. The summed E-state index contributed by atoms with van der Waals surface area (Å²) in [6.45, 7) is -0.584. The Morgan fingerprint density at radius 3 is 2.45 bits per heavy atom. The first-order valence-electron chi connectivity index (χ1n) is 6.77. The van der Waals surface area contributed by atoms with Gasteiger partial charge in [-0.05, 0) is 11.6 Å². The summed E-state index contributed by atoms with van der Waals surface area (Å²) in [4.78, 5) is 11.7. The van der Waals surface area contributed by atoms with Gasteiger partial charge < -0.3 is 29.9 Å². The van der Waals surface area contributed by atoms with E-state index in [9.17, 15) is 20.1 Å². The van der Waals surface area contributed by atoms with Crippen LogP contribution in [0.5, 0.6) is 0 Å². The Hall–Kier alpha value is -1.77. The van der Waals surface area contributed by atoms with Gasteiger partial charge in [0.25, 0.3) is 0 Å². The first kappa shape index (κ1) is 16.6. The minimum absolute atomic E-state index is 0.584. The number of hydrogen-bond acceptors (Lipinski definition) is 7. The standard InChI is InChI=1S/C15H18O7/c16-8-10-12(18)13(19)14(20)15(21-10)22-11(17)7-6-9-4-2-1-3-5-9/h1-7,10,12-16,18-20H,8H2/b7-6-/t10-,12-,13-,14-,15+/m1/s1. The van der Waals surface area contributed by atoms with Crippen LogP contribution < -0.4 is 0 Å². The molecule has 0 aromatic heterocycles. The lowest BCUT2D eigenvalue weighted by Crippen LogP contribution is -2.59. The summed E-state index contributed by atoms with van der Waals surface area (Å²) in [5.74, 6) is -0.784. The number of carbonyl (C=O) groups excluding carboxylic acids is 1. The van der Waals surface area contributed by atoms with Crippen molar-refractivity contribution >= 4 is 12.0 Å². The topological polar surface area (TPSA) is 116 Å². The number of rotatable bonds is 4. The maximum absolute atomic E-state index is 11.7. The Kier molecular flexibility index (Phi) is 5.64. The molecule has 0 amide bonds. The Morgan fingerprint density at radius 2 is 1.82 bits per heavy atom. The molecular formula is C15H18O7. The molecule has 7 nitrogen and oxygen atoms in total. The maximum atomic E-state index is 11.7. The molecule has 1 fully saturated rings. The first-order valence-corrected chi connectivity index (χ1v) is 6.77. The van der Waals surface area contributed by atoms with Crippen molar-refractivity contribution in [2.24, 2.45) is 0 Å². The molecule has 1 saturated heterocycles. The highest BCUT2D eigenvalue weighted by atomic mass is 16.7. The fourth-order valence-electron chi connectivity index (χ4n) is 2.05. The quantitative estimate of drug-likeness (QED) is 0.418. The zero-order valence-electron chi connectivity index (χ0n) is 11.6. The van der Waals surface area contributed by atoms with Crippen LogP contribution in [0.3, 0.4) is 0 Å². The molecule has 0 saturated carbocycles. The third kappa shape index (κ3) is 3.90. The van der Waals surface area contributed by atoms with Crippen LogP contribution >= 0.6 is 0 Å². The summed E-state index contributed by atoms with van der Waals surface area (Å²) in [6, 6.07) is 9.03. The van der Waals surface area contributed by atoms with E-state index in [-0.39, 0.29) is 0 Å². The van der Waals surface area contributed by atoms with E-state index in [1.165, 1.54) is 6.08 Å². The van der Waals surface area contributed by atoms with Crippen LogP contribution in [-0.4, -0.2) is 63.7 Å². The van der Waals surface area contributed by atoms with Crippen LogP contribution in [0.25, 0.3) is 6.08 Å². The van der Waals surface area contributed by atoms with Crippen molar-refractivity contribution in [1.29, 1.82) is 0 Å². The van der Waals surface area contributed by atoms with Gasteiger partial charge in [0, 0.05) is 6.08 Å². The summed E-state index contributed by atoms with van der Waals surface area (Å²) >= 11 is 0. The van der Waals surface area contributed by atoms with E-state index >= 15 is 0 Å². The van der Waals surface area contributed by atoms with Gasteiger partial charge >= 0.3 is 5.97 Å². The van der Waals surface area contributed by atoms with Gasteiger partial charge in [0.1, 0.15) is 24.4 Å². The van der Waals surface area contributed by atoms with Gasteiger partial charge in [0.05, 0.1) is 6.61 Å². The normalized spacial score (nSPS) is 32.1. The van der Waals surface area contributed by atoms with E-state index in [2.05, 4.69) is 0 Å². The molecule has 0 aliphatic carbocycles. The predicted octanol–water partition coefficient (Wildman–Crippen LogP) is -0.957. The zero-order valence-corrected chi connectivity index (χ0v) is 11.6. The monoisotopic (exact) mass is 310 g/mol. The maximum Gasteiger partial charge on any atom is 0.333 e. The molecule has 1 aromatic carbocycles. The Labute approximate surface area is 127 Å². The highest BCUT2D eigenvalue weighted by Gasteiger charge is 2.45. The number of aliphatic hydroxyl groups excluding tert-OH is 4. The fourth-order valence-corrected chi connectivity index (χ4v) is 2.05. The van der Waals surface area contributed by atoms with Gasteiger partial charge in [-0.15, -0.1) is 0 Å². The second kappa shape index (κ2) is 7.48. The molecule has 0 unspecified atom stereocenters. The SMILES string of the molecule is O=C(/C=C\c1ccccc1)O[C@@H]1O[C@H](CO)[C@@H](O)[C@@H](O)[C@H]1O. The van der Waals surface area contributed by atoms with E-state index in [0.717, 1.165) is 11.6 Å². The molecule has 1 aliphatic heterocycles. The summed E-state index contributed by atoms with van der Waals surface area (Å²) in [5, 5.41) is 38.0. The number of hydrogen-bond donors (Lipinski definition) is 4. The van der Waals surface area contributed by atoms with Gasteiger partial charge in [-0.3, -0.25) is 0 Å². The van der Waals surface area contributed by atoms with E-state index in [1.54, 1.807) is 12.1 Å². The molecule has 1 heterocycles. The molecule has 22 heavy (non-hydrogen) atoms. The molecule has 5 atom stereocenters. The van der Waals surface area contributed by atoms with Crippen molar-refractivity contribution in [3.05, 3.63) is 42.0 Å². The molecular weight excluding hydrogens is 292 g/mol. The van der Waals surface area contributed by atoms with Gasteiger partial charge in [-0.2, -0.15) is 0 Å². The third-order valence-electron chi connectivity index (χ3n) is 3.29. The van der Waals surface area contributed by atoms with Crippen molar-refractivity contribution < 1.29 is 34.7 Å². The van der Waals surface area contributed by atoms with Crippen LogP contribution in [0.1, 0.15) is 5.56 Å². The molecule has 0 spiro atoms. The van der Waals surface area contributed by atoms with Gasteiger partial charge in [-0.1, -0.05) is 30.3 Å². The molecule has 120 valence electrons. The highest BCUT2D eigenvalue weighted by molar-refractivity contribution is 5.87. The van der Waals surface area contributed by atoms with Gasteiger partial charge in [0.15, 0.2) is 0 Å². The molecule has 7 heteroatoms. The van der Waals surface area contributed by atoms with Gasteiger partial charge in [-0.25, -0.2) is 4.79 Å². The molecule has 0 bridgehead atoms. The summed E-state index contributed by atoms with van der Waals surface area (Å²) < 4.78 is 9.96. The Bertz CT molecular complexity index is 514. The highest BCUT2D eigenvalue weighted by Crippen LogP contribution is 2.22. The summed E-state index contributed by atoms with van der Waals surface area (Å²) in [6.07, 6.45) is -4.59. The summed E-state index contributed by atoms with van der Waals surface area (Å²) in [7, 11) is 0. The third-order valence-corrected chi connectivity index (χ3v) is 3.29. The molecule has 1 aromatic rings. The van der Waals surface area contributed by atoms with Crippen LogP contribution in [0.4, 0.5) is 0 Å². The Morgan fingerprint density at radius 1 is 1.14 bits per heavy atom. The van der Waals surface area contributed by atoms with Crippen LogP contribution in [-0.2, 0) is 14.3 Å². The van der Waals surface area contributed by atoms with E-state index in [4.69, 9.17) is 14.6 Å². The first-order chi connectivity index (χ1) is 10.5. The minimum Gasteiger partial charge on any atom is -0.430 e. The van der Waals surface area contributed by atoms with Gasteiger partial charge in [0.2, 0.25) is 6.29 Å². The second-order valence-corrected chi connectivity index (χ2v) is 4.88. The summed E-state index contributed by atoms with van der Waals surface area (Å²) in [5.41, 5.74) is 0.785. The van der Waals surface area contributed by atoms with Crippen molar-refractivity contribution in [1.82, 2.24) is 0 Å². The number of carbonyl (C=O) groups is 1. The van der Waals surface area contributed by atoms with Crippen LogP contribution in [0.15, 0.2) is 36.4 Å². The van der Waals surface area contributed by atoms with E-state index < -0.39 is 43.3 Å². The number of benzene rings is 1.